The zero-order chi connectivity index (χ0) is 13.7. The van der Waals surface area contributed by atoms with Crippen LogP contribution in [0, 0.1) is 5.82 Å². The average molecular weight is 265 g/mol. The average Bonchev–Trinajstić information content (AvgIpc) is 2.81. The van der Waals surface area contributed by atoms with Crippen LogP contribution in [-0.4, -0.2) is 25.3 Å². The Hall–Kier alpha value is -0.930. The first-order chi connectivity index (χ1) is 9.19. The Morgan fingerprint density at radius 1 is 1.32 bits per heavy atom. The van der Waals surface area contributed by atoms with Crippen LogP contribution in [0.15, 0.2) is 24.3 Å². The van der Waals surface area contributed by atoms with Crippen LogP contribution >= 0.6 is 0 Å². The number of hydrogen-bond donors (Lipinski definition) is 1. The van der Waals surface area contributed by atoms with Gasteiger partial charge in [0.05, 0.1) is 12.2 Å². The predicted molar refractivity (Wildman–Crippen MR) is 75.9 cm³/mol. The molecule has 1 aromatic carbocycles. The van der Waals surface area contributed by atoms with E-state index in [0.717, 1.165) is 32.4 Å². The number of ether oxygens (including phenoxy) is 1. The van der Waals surface area contributed by atoms with Gasteiger partial charge in [0.25, 0.3) is 0 Å². The lowest BCUT2D eigenvalue weighted by molar-refractivity contribution is 0.0466. The van der Waals surface area contributed by atoms with E-state index in [-0.39, 0.29) is 5.82 Å². The molecule has 19 heavy (non-hydrogen) atoms. The summed E-state index contributed by atoms with van der Waals surface area (Å²) >= 11 is 0. The molecule has 2 rings (SSSR count). The van der Waals surface area contributed by atoms with E-state index < -0.39 is 0 Å². The standard InChI is InChI=1S/C16H24FNO/c1-3-18-11-14(10-16-9-4-12(2)19-16)13-5-7-15(17)8-6-13/h5-8,12,14,16,18H,3-4,9-11H2,1-2H3. The van der Waals surface area contributed by atoms with Crippen molar-refractivity contribution < 1.29 is 9.13 Å². The van der Waals surface area contributed by atoms with Gasteiger partial charge in [0, 0.05) is 6.54 Å². The van der Waals surface area contributed by atoms with Gasteiger partial charge in [-0.3, -0.25) is 0 Å². The van der Waals surface area contributed by atoms with Crippen molar-refractivity contribution in [3.8, 4) is 0 Å². The van der Waals surface area contributed by atoms with E-state index in [0.29, 0.717) is 18.1 Å². The van der Waals surface area contributed by atoms with Crippen LogP contribution in [0.1, 0.15) is 44.6 Å². The van der Waals surface area contributed by atoms with E-state index in [1.807, 2.05) is 12.1 Å². The molecule has 106 valence electrons. The van der Waals surface area contributed by atoms with Gasteiger partial charge in [0.15, 0.2) is 0 Å². The van der Waals surface area contributed by atoms with Crippen LogP contribution in [0.4, 0.5) is 4.39 Å². The lowest BCUT2D eigenvalue weighted by Crippen LogP contribution is -2.24. The van der Waals surface area contributed by atoms with E-state index in [1.54, 1.807) is 12.1 Å². The topological polar surface area (TPSA) is 21.3 Å². The summed E-state index contributed by atoms with van der Waals surface area (Å²) in [5.74, 6) is 0.229. The van der Waals surface area contributed by atoms with Crippen molar-refractivity contribution in [3.63, 3.8) is 0 Å². The van der Waals surface area contributed by atoms with E-state index in [9.17, 15) is 4.39 Å². The normalized spacial score (nSPS) is 24.6. The molecule has 0 aliphatic carbocycles. The summed E-state index contributed by atoms with van der Waals surface area (Å²) in [5.41, 5.74) is 1.20. The summed E-state index contributed by atoms with van der Waals surface area (Å²) in [6.07, 6.45) is 4.05. The highest BCUT2D eigenvalue weighted by atomic mass is 19.1. The Morgan fingerprint density at radius 3 is 2.63 bits per heavy atom. The molecule has 1 saturated heterocycles. The molecule has 0 aromatic heterocycles. The van der Waals surface area contributed by atoms with Crippen LogP contribution in [0.2, 0.25) is 0 Å². The summed E-state index contributed by atoms with van der Waals surface area (Å²) in [5, 5.41) is 3.40. The fraction of sp³-hybridized carbons (Fsp3) is 0.625. The fourth-order valence-electron chi connectivity index (χ4n) is 2.77. The van der Waals surface area contributed by atoms with Crippen LogP contribution in [0.5, 0.6) is 0 Å². The number of hydrogen-bond acceptors (Lipinski definition) is 2. The SMILES string of the molecule is CCNCC(CC1CCC(C)O1)c1ccc(F)cc1. The molecule has 0 radical (unpaired) electrons. The van der Waals surface area contributed by atoms with Crippen molar-refractivity contribution in [3.05, 3.63) is 35.6 Å². The van der Waals surface area contributed by atoms with E-state index in [4.69, 9.17) is 4.74 Å². The van der Waals surface area contributed by atoms with Gasteiger partial charge in [-0.05, 0) is 56.3 Å². The Morgan fingerprint density at radius 2 is 2.05 bits per heavy atom. The third-order valence-electron chi connectivity index (χ3n) is 3.85. The molecule has 3 heteroatoms. The molecule has 0 amide bonds. The van der Waals surface area contributed by atoms with Gasteiger partial charge in [-0.1, -0.05) is 19.1 Å². The molecule has 1 N–H and O–H groups in total. The molecular formula is C16H24FNO. The molecule has 2 nitrogen and oxygen atoms in total. The van der Waals surface area contributed by atoms with Crippen molar-refractivity contribution in [2.24, 2.45) is 0 Å². The van der Waals surface area contributed by atoms with E-state index >= 15 is 0 Å². The summed E-state index contributed by atoms with van der Waals surface area (Å²) in [7, 11) is 0. The van der Waals surface area contributed by atoms with Gasteiger partial charge in [0.1, 0.15) is 5.82 Å². The highest BCUT2D eigenvalue weighted by molar-refractivity contribution is 5.21. The first-order valence-corrected chi connectivity index (χ1v) is 7.30. The van der Waals surface area contributed by atoms with Gasteiger partial charge in [-0.15, -0.1) is 0 Å². The summed E-state index contributed by atoms with van der Waals surface area (Å²) in [4.78, 5) is 0. The molecule has 1 aliphatic heterocycles. The monoisotopic (exact) mass is 265 g/mol. The van der Waals surface area contributed by atoms with Gasteiger partial charge in [-0.25, -0.2) is 4.39 Å². The number of benzene rings is 1. The molecular weight excluding hydrogens is 241 g/mol. The number of rotatable bonds is 6. The van der Waals surface area contributed by atoms with Crippen molar-refractivity contribution in [2.45, 2.75) is 51.2 Å². The largest absolute Gasteiger partial charge is 0.375 e. The fourth-order valence-corrected chi connectivity index (χ4v) is 2.77. The second-order valence-electron chi connectivity index (χ2n) is 5.44. The highest BCUT2D eigenvalue weighted by Crippen LogP contribution is 2.29. The summed E-state index contributed by atoms with van der Waals surface area (Å²) in [6, 6.07) is 6.89. The Kier molecular flexibility index (Phi) is 5.34. The van der Waals surface area contributed by atoms with Crippen molar-refractivity contribution in [1.29, 1.82) is 0 Å². The highest BCUT2D eigenvalue weighted by Gasteiger charge is 2.25. The molecule has 3 atom stereocenters. The lowest BCUT2D eigenvalue weighted by atomic mass is 9.92. The molecule has 3 unspecified atom stereocenters. The maximum atomic E-state index is 13.0. The predicted octanol–water partition coefficient (Wildman–Crippen LogP) is 3.48. The third kappa shape index (κ3) is 4.29. The molecule has 0 bridgehead atoms. The van der Waals surface area contributed by atoms with Crippen LogP contribution in [0.3, 0.4) is 0 Å². The van der Waals surface area contributed by atoms with Crippen molar-refractivity contribution in [1.82, 2.24) is 5.32 Å². The van der Waals surface area contributed by atoms with E-state index in [2.05, 4.69) is 19.2 Å². The zero-order valence-electron chi connectivity index (χ0n) is 11.9. The van der Waals surface area contributed by atoms with Gasteiger partial charge in [0.2, 0.25) is 0 Å². The van der Waals surface area contributed by atoms with Gasteiger partial charge in [-0.2, -0.15) is 0 Å². The van der Waals surface area contributed by atoms with Crippen LogP contribution < -0.4 is 5.32 Å². The minimum atomic E-state index is -0.170. The molecule has 0 spiro atoms. The van der Waals surface area contributed by atoms with Crippen LogP contribution in [0.25, 0.3) is 0 Å². The second kappa shape index (κ2) is 7.01. The molecule has 0 saturated carbocycles. The van der Waals surface area contributed by atoms with Crippen molar-refractivity contribution >= 4 is 0 Å². The maximum Gasteiger partial charge on any atom is 0.123 e. The van der Waals surface area contributed by atoms with Crippen LogP contribution in [-0.2, 0) is 4.74 Å². The number of nitrogens with one attached hydrogen (secondary N) is 1. The first kappa shape index (κ1) is 14.5. The maximum absolute atomic E-state index is 13.0. The molecule has 1 fully saturated rings. The third-order valence-corrected chi connectivity index (χ3v) is 3.85. The summed E-state index contributed by atoms with van der Waals surface area (Å²) < 4.78 is 18.9. The summed E-state index contributed by atoms with van der Waals surface area (Å²) in [6.45, 7) is 6.13. The number of halogens is 1. The quantitative estimate of drug-likeness (QED) is 0.850. The zero-order valence-corrected chi connectivity index (χ0v) is 11.9. The Labute approximate surface area is 115 Å². The Balaban J connectivity index is 2.00. The molecule has 1 aromatic rings. The molecule has 1 aliphatic rings. The minimum absolute atomic E-state index is 0.170. The van der Waals surface area contributed by atoms with E-state index in [1.165, 1.54) is 5.56 Å². The second-order valence-corrected chi connectivity index (χ2v) is 5.44. The smallest absolute Gasteiger partial charge is 0.123 e. The van der Waals surface area contributed by atoms with Crippen molar-refractivity contribution in [2.75, 3.05) is 13.1 Å². The minimum Gasteiger partial charge on any atom is -0.375 e. The van der Waals surface area contributed by atoms with Gasteiger partial charge < -0.3 is 10.1 Å². The van der Waals surface area contributed by atoms with Gasteiger partial charge >= 0.3 is 0 Å². The Bertz CT molecular complexity index is 379. The first-order valence-electron chi connectivity index (χ1n) is 7.30. The number of likely N-dealkylation sites (N-methyl/N-ethyl adjacent to an activating group) is 1. The molecule has 1 heterocycles. The lowest BCUT2D eigenvalue weighted by Gasteiger charge is -2.21.